The fraction of sp³-hybridized carbons (Fsp3) is 0.333. The molecule has 1 N–H and O–H groups in total. The first-order chi connectivity index (χ1) is 9.17. The number of thiazole rings is 1. The van der Waals surface area contributed by atoms with E-state index in [2.05, 4.69) is 30.4 Å². The summed E-state index contributed by atoms with van der Waals surface area (Å²) in [6.07, 6.45) is 1.51. The van der Waals surface area contributed by atoms with Crippen molar-refractivity contribution in [3.8, 4) is 0 Å². The summed E-state index contributed by atoms with van der Waals surface area (Å²) in [7, 11) is 1.27. The summed E-state index contributed by atoms with van der Waals surface area (Å²) in [5.41, 5.74) is 0. The molecule has 0 atom stereocenters. The fourth-order valence-electron chi connectivity index (χ4n) is 1.19. The number of anilines is 1. The number of methoxy groups -OCH3 is 1. The predicted octanol–water partition coefficient (Wildman–Crippen LogP) is -0.516. The van der Waals surface area contributed by atoms with Crippen LogP contribution in [-0.2, 0) is 27.3 Å². The highest BCUT2D eigenvalue weighted by Gasteiger charge is 2.11. The molecule has 100 valence electrons. The Morgan fingerprint density at radius 2 is 2.37 bits per heavy atom. The number of tetrazole rings is 1. The Labute approximate surface area is 111 Å². The largest absolute Gasteiger partial charge is 0.469 e. The molecule has 0 unspecified atom stereocenters. The highest BCUT2D eigenvalue weighted by Crippen LogP contribution is 2.09. The van der Waals surface area contributed by atoms with Crippen LogP contribution in [0.5, 0.6) is 0 Å². The molecule has 0 saturated heterocycles. The summed E-state index contributed by atoms with van der Waals surface area (Å²) in [5, 5.41) is 16.0. The molecule has 2 aromatic heterocycles. The molecule has 0 aliphatic rings. The van der Waals surface area contributed by atoms with Gasteiger partial charge in [0.1, 0.15) is 13.0 Å². The Hall–Kier alpha value is -2.36. The second kappa shape index (κ2) is 6.00. The molecule has 2 heterocycles. The molecule has 0 radical (unpaired) electrons. The lowest BCUT2D eigenvalue weighted by Crippen LogP contribution is -2.20. The topological polar surface area (TPSA) is 112 Å². The van der Waals surface area contributed by atoms with Gasteiger partial charge < -0.3 is 10.1 Å². The first-order valence-electron chi connectivity index (χ1n) is 5.20. The number of aromatic nitrogens is 5. The Morgan fingerprint density at radius 1 is 1.53 bits per heavy atom. The van der Waals surface area contributed by atoms with Crippen LogP contribution in [0.1, 0.15) is 5.82 Å². The van der Waals surface area contributed by atoms with E-state index in [1.54, 1.807) is 11.6 Å². The molecule has 1 amide bonds. The van der Waals surface area contributed by atoms with E-state index in [1.807, 2.05) is 0 Å². The molecule has 2 aromatic rings. The third-order valence-electron chi connectivity index (χ3n) is 1.99. The van der Waals surface area contributed by atoms with Crippen molar-refractivity contribution in [1.29, 1.82) is 0 Å². The maximum atomic E-state index is 11.6. The van der Waals surface area contributed by atoms with Crippen molar-refractivity contribution in [2.24, 2.45) is 0 Å². The molecule has 0 aliphatic heterocycles. The van der Waals surface area contributed by atoms with E-state index >= 15 is 0 Å². The van der Waals surface area contributed by atoms with Gasteiger partial charge in [0.2, 0.25) is 5.91 Å². The fourth-order valence-corrected chi connectivity index (χ4v) is 1.73. The van der Waals surface area contributed by atoms with E-state index in [0.29, 0.717) is 5.13 Å². The summed E-state index contributed by atoms with van der Waals surface area (Å²) in [6, 6.07) is 0. The van der Waals surface area contributed by atoms with Gasteiger partial charge in [-0.05, 0) is 5.21 Å². The first kappa shape index (κ1) is 13.1. The summed E-state index contributed by atoms with van der Waals surface area (Å²) in [4.78, 5) is 27.6. The summed E-state index contributed by atoms with van der Waals surface area (Å²) in [6.45, 7) is -0.103. The van der Waals surface area contributed by atoms with Crippen molar-refractivity contribution in [3.63, 3.8) is 0 Å². The highest BCUT2D eigenvalue weighted by molar-refractivity contribution is 7.13. The lowest BCUT2D eigenvalue weighted by Gasteiger charge is -1.99. The molecule has 0 bridgehead atoms. The Bertz CT molecular complexity index is 566. The minimum absolute atomic E-state index is 0.0788. The molecule has 0 spiro atoms. The molecule has 0 aliphatic carbocycles. The lowest BCUT2D eigenvalue weighted by molar-refractivity contribution is -0.139. The molecule has 2 rings (SSSR count). The van der Waals surface area contributed by atoms with Crippen molar-refractivity contribution in [2.45, 2.75) is 13.0 Å². The van der Waals surface area contributed by atoms with Gasteiger partial charge in [-0.2, -0.15) is 4.80 Å². The SMILES string of the molecule is COC(=O)Cc1nnn(CC(=O)Nc2nccs2)n1. The number of amides is 1. The number of carbonyl (C=O) groups excluding carboxylic acids is 2. The number of hydrogen-bond donors (Lipinski definition) is 1. The predicted molar refractivity (Wildman–Crippen MR) is 64.3 cm³/mol. The number of nitrogens with zero attached hydrogens (tertiary/aromatic N) is 5. The monoisotopic (exact) mass is 282 g/mol. The van der Waals surface area contributed by atoms with Crippen molar-refractivity contribution in [3.05, 3.63) is 17.4 Å². The standard InChI is InChI=1S/C9H10N6O3S/c1-18-8(17)4-6-12-14-15(13-6)5-7(16)11-9-10-2-3-19-9/h2-3H,4-5H2,1H3,(H,10,11,16). The maximum absolute atomic E-state index is 11.6. The Balaban J connectivity index is 1.89. The van der Waals surface area contributed by atoms with Crippen LogP contribution in [0.4, 0.5) is 5.13 Å². The van der Waals surface area contributed by atoms with Crippen molar-refractivity contribution in [2.75, 3.05) is 12.4 Å². The molecule has 10 heteroatoms. The number of hydrogen-bond acceptors (Lipinski definition) is 8. The van der Waals surface area contributed by atoms with E-state index in [4.69, 9.17) is 0 Å². The molecular weight excluding hydrogens is 272 g/mol. The van der Waals surface area contributed by atoms with Crippen LogP contribution in [0.25, 0.3) is 0 Å². The molecule has 0 fully saturated rings. The average molecular weight is 282 g/mol. The second-order valence-corrected chi connectivity index (χ2v) is 4.27. The van der Waals surface area contributed by atoms with Crippen LogP contribution in [0.2, 0.25) is 0 Å². The van der Waals surface area contributed by atoms with Gasteiger partial charge in [0.15, 0.2) is 11.0 Å². The number of nitrogens with one attached hydrogen (secondary N) is 1. The maximum Gasteiger partial charge on any atom is 0.313 e. The van der Waals surface area contributed by atoms with Crippen LogP contribution >= 0.6 is 11.3 Å². The first-order valence-corrected chi connectivity index (χ1v) is 6.08. The summed E-state index contributed by atoms with van der Waals surface area (Å²) in [5.74, 6) is -0.586. The minimum Gasteiger partial charge on any atom is -0.469 e. The Morgan fingerprint density at radius 3 is 3.05 bits per heavy atom. The summed E-state index contributed by atoms with van der Waals surface area (Å²) >= 11 is 1.31. The quantitative estimate of drug-likeness (QED) is 0.734. The van der Waals surface area contributed by atoms with E-state index in [9.17, 15) is 9.59 Å². The van der Waals surface area contributed by atoms with Gasteiger partial charge in [-0.25, -0.2) is 4.98 Å². The van der Waals surface area contributed by atoms with Crippen LogP contribution in [-0.4, -0.2) is 44.2 Å². The normalized spacial score (nSPS) is 10.2. The zero-order chi connectivity index (χ0) is 13.7. The van der Waals surface area contributed by atoms with Crippen molar-refractivity contribution >= 4 is 28.3 Å². The van der Waals surface area contributed by atoms with Gasteiger partial charge in [-0.15, -0.1) is 21.5 Å². The molecule has 0 aromatic carbocycles. The van der Waals surface area contributed by atoms with Gasteiger partial charge in [0.25, 0.3) is 0 Å². The van der Waals surface area contributed by atoms with Crippen LogP contribution < -0.4 is 5.32 Å². The number of esters is 1. The third-order valence-corrected chi connectivity index (χ3v) is 2.68. The van der Waals surface area contributed by atoms with E-state index < -0.39 is 5.97 Å². The molecule has 19 heavy (non-hydrogen) atoms. The Kier molecular flexibility index (Phi) is 4.13. The van der Waals surface area contributed by atoms with Crippen LogP contribution in [0, 0.1) is 0 Å². The molecule has 0 saturated carbocycles. The van der Waals surface area contributed by atoms with E-state index in [-0.39, 0.29) is 24.7 Å². The average Bonchev–Trinajstić information content (AvgIpc) is 3.01. The van der Waals surface area contributed by atoms with Gasteiger partial charge in [0.05, 0.1) is 7.11 Å². The second-order valence-electron chi connectivity index (χ2n) is 3.37. The van der Waals surface area contributed by atoms with Crippen molar-refractivity contribution < 1.29 is 14.3 Å². The smallest absolute Gasteiger partial charge is 0.313 e. The van der Waals surface area contributed by atoms with Crippen LogP contribution in [0.3, 0.4) is 0 Å². The lowest BCUT2D eigenvalue weighted by atomic mass is 10.4. The molecule has 9 nitrogen and oxygen atoms in total. The number of ether oxygens (including phenoxy) is 1. The highest BCUT2D eigenvalue weighted by atomic mass is 32.1. The van der Waals surface area contributed by atoms with Gasteiger partial charge >= 0.3 is 5.97 Å². The molecular formula is C9H10N6O3S. The third kappa shape index (κ3) is 3.81. The van der Waals surface area contributed by atoms with Crippen LogP contribution in [0.15, 0.2) is 11.6 Å². The number of carbonyl (C=O) groups is 2. The van der Waals surface area contributed by atoms with Gasteiger partial charge in [-0.1, -0.05) is 0 Å². The van der Waals surface area contributed by atoms with Gasteiger partial charge in [-0.3, -0.25) is 9.59 Å². The van der Waals surface area contributed by atoms with Crippen molar-refractivity contribution in [1.82, 2.24) is 25.2 Å². The van der Waals surface area contributed by atoms with E-state index in [1.165, 1.54) is 18.4 Å². The minimum atomic E-state index is -0.466. The van der Waals surface area contributed by atoms with E-state index in [0.717, 1.165) is 4.80 Å². The summed E-state index contributed by atoms with van der Waals surface area (Å²) < 4.78 is 4.47. The van der Waals surface area contributed by atoms with Gasteiger partial charge in [0, 0.05) is 11.6 Å². The zero-order valence-corrected chi connectivity index (χ0v) is 10.8. The number of rotatable bonds is 5. The zero-order valence-electron chi connectivity index (χ0n) is 9.94.